The summed E-state index contributed by atoms with van der Waals surface area (Å²) in [6, 6.07) is 8.50. The van der Waals surface area contributed by atoms with Crippen molar-refractivity contribution < 1.29 is 13.6 Å². The van der Waals surface area contributed by atoms with Crippen LogP contribution in [0, 0.1) is 18.6 Å². The van der Waals surface area contributed by atoms with Gasteiger partial charge in [-0.25, -0.2) is 13.6 Å². The Morgan fingerprint density at radius 2 is 1.75 bits per heavy atom. The van der Waals surface area contributed by atoms with Crippen molar-refractivity contribution in [2.24, 2.45) is 0 Å². The molecule has 2 aromatic carbocycles. The van der Waals surface area contributed by atoms with Gasteiger partial charge in [-0.3, -0.25) is 0 Å². The number of anilines is 2. The Labute approximate surface area is 123 Å². The van der Waals surface area contributed by atoms with Gasteiger partial charge in [-0.1, -0.05) is 28.1 Å². The van der Waals surface area contributed by atoms with E-state index in [1.165, 1.54) is 0 Å². The number of amides is 2. The predicted molar refractivity (Wildman–Crippen MR) is 77.9 cm³/mol. The molecule has 0 radical (unpaired) electrons. The lowest BCUT2D eigenvalue weighted by Gasteiger charge is -2.10. The lowest BCUT2D eigenvalue weighted by Crippen LogP contribution is -2.21. The maximum absolute atomic E-state index is 13.6. The van der Waals surface area contributed by atoms with Crippen molar-refractivity contribution in [3.8, 4) is 0 Å². The van der Waals surface area contributed by atoms with Crippen LogP contribution in [-0.2, 0) is 0 Å². The van der Waals surface area contributed by atoms with Crippen molar-refractivity contribution in [1.82, 2.24) is 0 Å². The molecule has 2 N–H and O–H groups in total. The fraction of sp³-hybridized carbons (Fsp3) is 0.0714. The number of carbonyl (C=O) groups excluding carboxylic acids is 1. The van der Waals surface area contributed by atoms with E-state index >= 15 is 0 Å². The Bertz CT molecular complexity index is 638. The molecule has 0 spiro atoms. The van der Waals surface area contributed by atoms with E-state index in [4.69, 9.17) is 0 Å². The van der Waals surface area contributed by atoms with Crippen LogP contribution in [0.25, 0.3) is 0 Å². The third-order valence-corrected chi connectivity index (χ3v) is 2.98. The highest BCUT2D eigenvalue weighted by Gasteiger charge is 2.13. The first-order valence-corrected chi connectivity index (χ1v) is 6.54. The van der Waals surface area contributed by atoms with Gasteiger partial charge < -0.3 is 10.6 Å². The molecule has 0 aliphatic rings. The van der Waals surface area contributed by atoms with Crippen molar-refractivity contribution in [1.29, 1.82) is 0 Å². The summed E-state index contributed by atoms with van der Waals surface area (Å²) in [6.07, 6.45) is 0. The quantitative estimate of drug-likeness (QED) is 0.818. The zero-order chi connectivity index (χ0) is 14.7. The van der Waals surface area contributed by atoms with Gasteiger partial charge in [-0.2, -0.15) is 0 Å². The summed E-state index contributed by atoms with van der Waals surface area (Å²) in [7, 11) is 0. The Kier molecular flexibility index (Phi) is 4.34. The lowest BCUT2D eigenvalue weighted by atomic mass is 10.2. The normalized spacial score (nSPS) is 10.2. The lowest BCUT2D eigenvalue weighted by molar-refractivity contribution is 0.262. The fourth-order valence-corrected chi connectivity index (χ4v) is 2.06. The predicted octanol–water partition coefficient (Wildman–Crippen LogP) is 4.68. The number of nitrogens with one attached hydrogen (secondary N) is 2. The molecular weight excluding hydrogens is 330 g/mol. The molecule has 0 atom stereocenters. The van der Waals surface area contributed by atoms with E-state index in [1.807, 2.05) is 13.0 Å². The zero-order valence-electron chi connectivity index (χ0n) is 10.5. The molecule has 0 aromatic heterocycles. The number of hydrogen-bond acceptors (Lipinski definition) is 1. The molecule has 104 valence electrons. The van der Waals surface area contributed by atoms with Gasteiger partial charge in [0.1, 0.15) is 5.69 Å². The van der Waals surface area contributed by atoms with Gasteiger partial charge in [-0.15, -0.1) is 0 Å². The molecule has 2 amide bonds. The molecule has 0 fully saturated rings. The van der Waals surface area contributed by atoms with E-state index in [1.54, 1.807) is 18.2 Å². The number of carbonyl (C=O) groups is 1. The summed E-state index contributed by atoms with van der Waals surface area (Å²) in [5.41, 5.74) is 1.02. The maximum atomic E-state index is 13.6. The minimum atomic E-state index is -0.851. The van der Waals surface area contributed by atoms with Crippen molar-refractivity contribution in [2.75, 3.05) is 10.6 Å². The third-order valence-electron chi connectivity index (χ3n) is 2.52. The van der Waals surface area contributed by atoms with E-state index in [9.17, 15) is 13.6 Å². The zero-order valence-corrected chi connectivity index (χ0v) is 12.1. The van der Waals surface area contributed by atoms with Crippen LogP contribution in [0.4, 0.5) is 25.0 Å². The number of rotatable bonds is 2. The second-order valence-corrected chi connectivity index (χ2v) is 5.11. The number of urea groups is 1. The fourth-order valence-electron chi connectivity index (χ4n) is 1.66. The maximum Gasteiger partial charge on any atom is 0.323 e. The number of benzene rings is 2. The molecule has 0 unspecified atom stereocenters. The summed E-state index contributed by atoms with van der Waals surface area (Å²) in [5, 5.41) is 4.66. The van der Waals surface area contributed by atoms with Crippen LogP contribution in [0.1, 0.15) is 5.56 Å². The van der Waals surface area contributed by atoms with Crippen LogP contribution in [0.2, 0.25) is 0 Å². The minimum absolute atomic E-state index is 0.261. The topological polar surface area (TPSA) is 41.1 Å². The number of halogens is 3. The molecule has 0 heterocycles. The van der Waals surface area contributed by atoms with Crippen LogP contribution in [0.5, 0.6) is 0 Å². The first-order valence-electron chi connectivity index (χ1n) is 5.75. The average Bonchev–Trinajstić information content (AvgIpc) is 2.33. The molecule has 0 saturated heterocycles. The van der Waals surface area contributed by atoms with Crippen LogP contribution in [-0.4, -0.2) is 6.03 Å². The van der Waals surface area contributed by atoms with Crippen LogP contribution in [0.15, 0.2) is 40.9 Å². The van der Waals surface area contributed by atoms with Gasteiger partial charge in [0.2, 0.25) is 0 Å². The Hall–Kier alpha value is -1.95. The molecule has 2 aromatic rings. The van der Waals surface area contributed by atoms with Crippen molar-refractivity contribution >= 4 is 33.3 Å². The summed E-state index contributed by atoms with van der Waals surface area (Å²) < 4.78 is 27.4. The van der Waals surface area contributed by atoms with Gasteiger partial charge in [0.05, 0.1) is 0 Å². The van der Waals surface area contributed by atoms with Gasteiger partial charge in [0.25, 0.3) is 0 Å². The van der Waals surface area contributed by atoms with Crippen molar-refractivity contribution in [3.05, 3.63) is 58.1 Å². The highest BCUT2D eigenvalue weighted by Crippen LogP contribution is 2.24. The molecule has 0 aliphatic carbocycles. The Balaban J connectivity index is 2.13. The molecule has 3 nitrogen and oxygen atoms in total. The van der Waals surface area contributed by atoms with Gasteiger partial charge in [-0.05, 0) is 36.8 Å². The first-order chi connectivity index (χ1) is 9.45. The van der Waals surface area contributed by atoms with Gasteiger partial charge >= 0.3 is 6.03 Å². The Morgan fingerprint density at radius 1 is 1.10 bits per heavy atom. The highest BCUT2D eigenvalue weighted by molar-refractivity contribution is 9.10. The first kappa shape index (κ1) is 14.5. The van der Waals surface area contributed by atoms with Gasteiger partial charge in [0.15, 0.2) is 11.6 Å². The molecule has 0 aliphatic heterocycles. The van der Waals surface area contributed by atoms with E-state index in [0.29, 0.717) is 5.69 Å². The second-order valence-electron chi connectivity index (χ2n) is 4.19. The van der Waals surface area contributed by atoms with Crippen molar-refractivity contribution in [2.45, 2.75) is 6.92 Å². The summed E-state index contributed by atoms with van der Waals surface area (Å²) >= 11 is 2.97. The van der Waals surface area contributed by atoms with E-state index in [0.717, 1.165) is 17.7 Å². The van der Waals surface area contributed by atoms with Crippen LogP contribution in [0.3, 0.4) is 0 Å². The average molecular weight is 341 g/mol. The van der Waals surface area contributed by atoms with E-state index in [2.05, 4.69) is 26.6 Å². The minimum Gasteiger partial charge on any atom is -0.308 e. The van der Waals surface area contributed by atoms with Crippen LogP contribution >= 0.6 is 15.9 Å². The molecular formula is C14H11BrF2N2O. The SMILES string of the molecule is Cc1cccc(NC(=O)Nc2c(F)cc(Br)cc2F)c1. The molecule has 6 heteroatoms. The molecule has 20 heavy (non-hydrogen) atoms. The summed E-state index contributed by atoms with van der Waals surface area (Å²) in [6.45, 7) is 1.87. The summed E-state index contributed by atoms with van der Waals surface area (Å²) in [5.74, 6) is -1.70. The van der Waals surface area contributed by atoms with Crippen LogP contribution < -0.4 is 10.6 Å². The second kappa shape index (κ2) is 6.00. The van der Waals surface area contributed by atoms with E-state index < -0.39 is 23.4 Å². The Morgan fingerprint density at radius 3 is 2.35 bits per heavy atom. The van der Waals surface area contributed by atoms with E-state index in [-0.39, 0.29) is 4.47 Å². The van der Waals surface area contributed by atoms with Crippen molar-refractivity contribution in [3.63, 3.8) is 0 Å². The summed E-state index contributed by atoms with van der Waals surface area (Å²) in [4.78, 5) is 11.7. The van der Waals surface area contributed by atoms with Gasteiger partial charge in [0, 0.05) is 10.2 Å². The molecule has 0 saturated carbocycles. The standard InChI is InChI=1S/C14H11BrF2N2O/c1-8-3-2-4-10(5-8)18-14(20)19-13-11(16)6-9(15)7-12(13)17/h2-7H,1H3,(H2,18,19,20). The molecule has 0 bridgehead atoms. The monoisotopic (exact) mass is 340 g/mol. The largest absolute Gasteiger partial charge is 0.323 e. The third kappa shape index (κ3) is 3.54. The smallest absolute Gasteiger partial charge is 0.308 e. The number of aryl methyl sites for hydroxylation is 1. The number of hydrogen-bond donors (Lipinski definition) is 2. The highest BCUT2D eigenvalue weighted by atomic mass is 79.9. The molecule has 2 rings (SSSR count).